The second-order valence-electron chi connectivity index (χ2n) is 7.40. The Morgan fingerprint density at radius 3 is 2.60 bits per heavy atom. The first kappa shape index (κ1) is 20.8. The van der Waals surface area contributed by atoms with E-state index in [2.05, 4.69) is 10.6 Å². The van der Waals surface area contributed by atoms with Crippen molar-refractivity contribution in [3.63, 3.8) is 0 Å². The van der Waals surface area contributed by atoms with Crippen LogP contribution >= 0.6 is 22.7 Å². The van der Waals surface area contributed by atoms with Gasteiger partial charge in [-0.2, -0.15) is 0 Å². The fourth-order valence-electron chi connectivity index (χ4n) is 3.51. The van der Waals surface area contributed by atoms with Crippen molar-refractivity contribution in [2.45, 2.75) is 45.1 Å². The van der Waals surface area contributed by atoms with Gasteiger partial charge in [0.2, 0.25) is 0 Å². The monoisotopic (exact) mass is 439 g/mol. The third-order valence-corrected chi connectivity index (χ3v) is 7.24. The third-order valence-electron chi connectivity index (χ3n) is 5.16. The number of thiophene rings is 1. The normalized spacial score (nSPS) is 12.9. The van der Waals surface area contributed by atoms with E-state index < -0.39 is 0 Å². The van der Waals surface area contributed by atoms with Crippen molar-refractivity contribution >= 4 is 34.5 Å². The van der Waals surface area contributed by atoms with Gasteiger partial charge in [-0.25, -0.2) is 4.98 Å². The molecule has 2 amide bonds. The Bertz CT molecular complexity index is 971. The molecule has 0 saturated carbocycles. The largest absolute Gasteiger partial charge is 0.352 e. The number of benzene rings is 1. The molecule has 0 atom stereocenters. The van der Waals surface area contributed by atoms with Crippen LogP contribution in [-0.4, -0.2) is 23.3 Å². The van der Waals surface area contributed by atoms with E-state index in [-0.39, 0.29) is 11.8 Å². The maximum Gasteiger partial charge on any atom is 0.261 e. The number of fused-ring (bicyclic) bond motifs is 1. The Morgan fingerprint density at radius 1 is 1.00 bits per heavy atom. The van der Waals surface area contributed by atoms with Crippen LogP contribution < -0.4 is 10.6 Å². The summed E-state index contributed by atoms with van der Waals surface area (Å²) in [5.41, 5.74) is 2.90. The summed E-state index contributed by atoms with van der Waals surface area (Å²) in [4.78, 5) is 31.3. The SMILES string of the molecule is O=C(NCCCc1nc2c(s1)CCCC2)c1ccc(CNC(=O)c2cccs2)cc1. The first-order valence-corrected chi connectivity index (χ1v) is 12.0. The highest BCUT2D eigenvalue weighted by molar-refractivity contribution is 7.12. The molecule has 30 heavy (non-hydrogen) atoms. The lowest BCUT2D eigenvalue weighted by Crippen LogP contribution is -2.25. The van der Waals surface area contributed by atoms with Gasteiger partial charge >= 0.3 is 0 Å². The van der Waals surface area contributed by atoms with Crippen LogP contribution in [0.4, 0.5) is 0 Å². The summed E-state index contributed by atoms with van der Waals surface area (Å²) in [6, 6.07) is 11.0. The van der Waals surface area contributed by atoms with Gasteiger partial charge in [0.25, 0.3) is 11.8 Å². The number of hydrogen-bond donors (Lipinski definition) is 2. The fraction of sp³-hybridized carbons (Fsp3) is 0.348. The molecule has 0 unspecified atom stereocenters. The lowest BCUT2D eigenvalue weighted by Gasteiger charge is -2.07. The topological polar surface area (TPSA) is 71.1 Å². The number of carbonyl (C=O) groups is 2. The Kier molecular flexibility index (Phi) is 6.92. The molecule has 2 aromatic heterocycles. The van der Waals surface area contributed by atoms with Crippen molar-refractivity contribution in [3.05, 3.63) is 73.4 Å². The quantitative estimate of drug-likeness (QED) is 0.512. The van der Waals surface area contributed by atoms with Gasteiger partial charge in [-0.1, -0.05) is 18.2 Å². The lowest BCUT2D eigenvalue weighted by atomic mass is 10.0. The molecule has 1 aromatic carbocycles. The fourth-order valence-corrected chi connectivity index (χ4v) is 5.35. The second-order valence-corrected chi connectivity index (χ2v) is 9.52. The van der Waals surface area contributed by atoms with Gasteiger partial charge in [-0.15, -0.1) is 22.7 Å². The summed E-state index contributed by atoms with van der Waals surface area (Å²) >= 11 is 3.26. The van der Waals surface area contributed by atoms with Crippen LogP contribution in [0.3, 0.4) is 0 Å². The molecule has 2 heterocycles. The molecule has 0 saturated heterocycles. The van der Waals surface area contributed by atoms with E-state index in [0.29, 0.717) is 23.5 Å². The maximum atomic E-state index is 12.4. The Balaban J connectivity index is 1.19. The highest BCUT2D eigenvalue weighted by Crippen LogP contribution is 2.27. The summed E-state index contributed by atoms with van der Waals surface area (Å²) in [7, 11) is 0. The summed E-state index contributed by atoms with van der Waals surface area (Å²) < 4.78 is 0. The van der Waals surface area contributed by atoms with Crippen molar-refractivity contribution in [2.75, 3.05) is 6.54 Å². The molecule has 1 aliphatic rings. The molecular formula is C23H25N3O2S2. The van der Waals surface area contributed by atoms with E-state index in [0.717, 1.165) is 24.8 Å². The minimum atomic E-state index is -0.0760. The van der Waals surface area contributed by atoms with Crippen LogP contribution in [0.2, 0.25) is 0 Å². The van der Waals surface area contributed by atoms with Gasteiger partial charge in [0, 0.05) is 30.0 Å². The number of carbonyl (C=O) groups excluding carboxylic acids is 2. The average molecular weight is 440 g/mol. The lowest BCUT2D eigenvalue weighted by molar-refractivity contribution is 0.0944. The molecule has 156 valence electrons. The average Bonchev–Trinajstić information content (AvgIpc) is 3.45. The van der Waals surface area contributed by atoms with Crippen LogP contribution in [0, 0.1) is 0 Å². The predicted octanol–water partition coefficient (Wildman–Crippen LogP) is 4.38. The molecule has 0 aliphatic heterocycles. The Labute approximate surface area is 184 Å². The molecule has 4 rings (SSSR count). The summed E-state index contributed by atoms with van der Waals surface area (Å²) in [5, 5.41) is 8.96. The minimum Gasteiger partial charge on any atom is -0.352 e. The van der Waals surface area contributed by atoms with E-state index >= 15 is 0 Å². The summed E-state index contributed by atoms with van der Waals surface area (Å²) in [5.74, 6) is -0.143. The zero-order valence-corrected chi connectivity index (χ0v) is 18.4. The number of aromatic nitrogens is 1. The maximum absolute atomic E-state index is 12.4. The van der Waals surface area contributed by atoms with E-state index in [1.807, 2.05) is 34.9 Å². The number of nitrogens with one attached hydrogen (secondary N) is 2. The van der Waals surface area contributed by atoms with E-state index in [1.54, 1.807) is 18.2 Å². The molecule has 2 N–H and O–H groups in total. The number of hydrogen-bond acceptors (Lipinski definition) is 5. The predicted molar refractivity (Wildman–Crippen MR) is 121 cm³/mol. The van der Waals surface area contributed by atoms with Crippen LogP contribution in [0.15, 0.2) is 41.8 Å². The van der Waals surface area contributed by atoms with Gasteiger partial charge in [-0.05, 0) is 61.2 Å². The first-order valence-electron chi connectivity index (χ1n) is 10.4. The number of aryl methyl sites for hydroxylation is 3. The van der Waals surface area contributed by atoms with Crippen LogP contribution in [0.5, 0.6) is 0 Å². The number of nitrogens with zero attached hydrogens (tertiary/aromatic N) is 1. The van der Waals surface area contributed by atoms with Crippen LogP contribution in [-0.2, 0) is 25.8 Å². The van der Waals surface area contributed by atoms with Gasteiger partial charge in [0.05, 0.1) is 15.6 Å². The van der Waals surface area contributed by atoms with E-state index in [9.17, 15) is 9.59 Å². The molecule has 0 bridgehead atoms. The number of rotatable bonds is 8. The molecule has 5 nitrogen and oxygen atoms in total. The molecular weight excluding hydrogens is 414 g/mol. The highest BCUT2D eigenvalue weighted by atomic mass is 32.1. The van der Waals surface area contributed by atoms with Crippen molar-refractivity contribution in [1.29, 1.82) is 0 Å². The van der Waals surface area contributed by atoms with E-state index in [1.165, 1.54) is 46.2 Å². The first-order chi connectivity index (χ1) is 14.7. The van der Waals surface area contributed by atoms with Gasteiger partial charge in [0.1, 0.15) is 0 Å². The van der Waals surface area contributed by atoms with Crippen LogP contribution in [0.1, 0.15) is 60.4 Å². The Morgan fingerprint density at radius 2 is 1.83 bits per heavy atom. The van der Waals surface area contributed by atoms with Gasteiger partial charge in [0.15, 0.2) is 0 Å². The molecule has 3 aromatic rings. The van der Waals surface area contributed by atoms with Crippen LogP contribution in [0.25, 0.3) is 0 Å². The molecule has 0 spiro atoms. The standard InChI is InChI=1S/C23H25N3O2S2/c27-22(24-13-3-8-21-26-18-5-1-2-6-19(18)30-21)17-11-9-16(10-12-17)15-25-23(28)20-7-4-14-29-20/h4,7,9-12,14H,1-3,5-6,8,13,15H2,(H,24,27)(H,25,28). The van der Waals surface area contributed by atoms with Crippen molar-refractivity contribution < 1.29 is 9.59 Å². The molecule has 0 fully saturated rings. The van der Waals surface area contributed by atoms with Gasteiger partial charge in [-0.3, -0.25) is 9.59 Å². The minimum absolute atomic E-state index is 0.0670. The molecule has 0 radical (unpaired) electrons. The zero-order valence-electron chi connectivity index (χ0n) is 16.8. The van der Waals surface area contributed by atoms with Crippen molar-refractivity contribution in [3.8, 4) is 0 Å². The number of thiazole rings is 1. The number of amides is 2. The van der Waals surface area contributed by atoms with Gasteiger partial charge < -0.3 is 10.6 Å². The smallest absolute Gasteiger partial charge is 0.261 e. The zero-order chi connectivity index (χ0) is 20.8. The summed E-state index contributed by atoms with van der Waals surface area (Å²) in [6.07, 6.45) is 6.65. The van der Waals surface area contributed by atoms with Crippen molar-refractivity contribution in [2.24, 2.45) is 0 Å². The van der Waals surface area contributed by atoms with E-state index in [4.69, 9.17) is 4.98 Å². The second kappa shape index (κ2) is 10.00. The molecule has 1 aliphatic carbocycles. The summed E-state index contributed by atoms with van der Waals surface area (Å²) in [6.45, 7) is 1.08. The van der Waals surface area contributed by atoms with Crippen molar-refractivity contribution in [1.82, 2.24) is 15.6 Å². The third kappa shape index (κ3) is 5.34. The molecule has 7 heteroatoms. The Hall–Kier alpha value is -2.51. The highest BCUT2D eigenvalue weighted by Gasteiger charge is 2.15.